The minimum absolute atomic E-state index is 0.0506. The fraction of sp³-hybridized carbons (Fsp3) is 0.278. The van der Waals surface area contributed by atoms with E-state index in [1.165, 1.54) is 33.2 Å². The maximum Gasteiger partial charge on any atom is 0.271 e. The molecular formula is C18H17N3O2S2. The number of thiophene rings is 1. The van der Waals surface area contributed by atoms with Crippen molar-refractivity contribution in [1.82, 2.24) is 9.55 Å². The van der Waals surface area contributed by atoms with Gasteiger partial charge in [0.2, 0.25) is 5.91 Å². The first-order chi connectivity index (χ1) is 12.1. The van der Waals surface area contributed by atoms with Crippen LogP contribution in [0.15, 0.2) is 45.7 Å². The van der Waals surface area contributed by atoms with Crippen LogP contribution in [0.3, 0.4) is 0 Å². The van der Waals surface area contributed by atoms with Crippen molar-refractivity contribution in [2.45, 2.75) is 23.8 Å². The Balaban J connectivity index is 1.60. The molecule has 1 atom stereocenters. The average Bonchev–Trinajstić information content (AvgIpc) is 3.25. The topological polar surface area (TPSA) is 55.2 Å². The lowest BCUT2D eigenvalue weighted by atomic mass is 10.2. The van der Waals surface area contributed by atoms with Gasteiger partial charge in [-0.3, -0.25) is 14.2 Å². The van der Waals surface area contributed by atoms with Gasteiger partial charge >= 0.3 is 0 Å². The highest BCUT2D eigenvalue weighted by Gasteiger charge is 2.29. The van der Waals surface area contributed by atoms with Gasteiger partial charge in [-0.1, -0.05) is 30.0 Å². The van der Waals surface area contributed by atoms with Crippen LogP contribution in [0.2, 0.25) is 0 Å². The third-order valence-corrected chi connectivity index (χ3v) is 6.45. The summed E-state index contributed by atoms with van der Waals surface area (Å²) >= 11 is 2.73. The van der Waals surface area contributed by atoms with Crippen molar-refractivity contribution in [3.05, 3.63) is 51.6 Å². The number of carbonyl (C=O) groups excluding carboxylic acids is 1. The van der Waals surface area contributed by atoms with E-state index in [9.17, 15) is 9.59 Å². The molecular weight excluding hydrogens is 354 g/mol. The zero-order valence-electron chi connectivity index (χ0n) is 13.9. The monoisotopic (exact) mass is 371 g/mol. The van der Waals surface area contributed by atoms with Crippen LogP contribution < -0.4 is 10.5 Å². The zero-order chi connectivity index (χ0) is 17.6. The number of benzene rings is 1. The van der Waals surface area contributed by atoms with E-state index < -0.39 is 0 Å². The van der Waals surface area contributed by atoms with Crippen LogP contribution >= 0.6 is 23.1 Å². The Kier molecular flexibility index (Phi) is 4.13. The third-order valence-electron chi connectivity index (χ3n) is 4.43. The number of anilines is 1. The Morgan fingerprint density at radius 1 is 1.32 bits per heavy atom. The smallest absolute Gasteiger partial charge is 0.271 e. The minimum Gasteiger partial charge on any atom is -0.311 e. The third kappa shape index (κ3) is 2.77. The first-order valence-electron chi connectivity index (χ1n) is 8.06. The summed E-state index contributed by atoms with van der Waals surface area (Å²) in [6.07, 6.45) is 0.886. The highest BCUT2D eigenvalue weighted by atomic mass is 32.2. The van der Waals surface area contributed by atoms with Gasteiger partial charge in [-0.05, 0) is 36.4 Å². The number of nitrogens with zero attached hydrogens (tertiary/aromatic N) is 3. The predicted molar refractivity (Wildman–Crippen MR) is 103 cm³/mol. The van der Waals surface area contributed by atoms with Crippen LogP contribution in [0, 0.1) is 0 Å². The van der Waals surface area contributed by atoms with E-state index in [1.54, 1.807) is 7.05 Å². The molecule has 1 aliphatic rings. The summed E-state index contributed by atoms with van der Waals surface area (Å²) in [7, 11) is 1.71. The molecule has 0 bridgehead atoms. The second kappa shape index (κ2) is 6.31. The Morgan fingerprint density at radius 2 is 2.12 bits per heavy atom. The molecule has 0 fully saturated rings. The largest absolute Gasteiger partial charge is 0.311 e. The fourth-order valence-electron chi connectivity index (χ4n) is 3.07. The molecule has 4 rings (SSSR count). The number of aromatic nitrogens is 2. The molecule has 5 nitrogen and oxygen atoms in total. The van der Waals surface area contributed by atoms with Crippen LogP contribution in [0.5, 0.6) is 0 Å². The lowest BCUT2D eigenvalue weighted by molar-refractivity contribution is -0.117. The van der Waals surface area contributed by atoms with Crippen LogP contribution in [-0.2, 0) is 18.3 Å². The van der Waals surface area contributed by atoms with Crippen LogP contribution in [0.1, 0.15) is 12.5 Å². The standard InChI is InChI=1S/C18H17N3O2S2/c1-11(16(22)21-9-7-12-5-3-4-6-14(12)21)25-18-19-13-8-10-24-15(13)17(23)20(18)2/h3-6,8,10-11H,7,9H2,1-2H3. The van der Waals surface area contributed by atoms with Gasteiger partial charge in [0.15, 0.2) is 5.16 Å². The normalized spacial score (nSPS) is 14.7. The number of hydrogen-bond acceptors (Lipinski definition) is 5. The number of amides is 1. The van der Waals surface area contributed by atoms with Crippen molar-refractivity contribution in [3.8, 4) is 0 Å². The molecule has 0 saturated carbocycles. The zero-order valence-corrected chi connectivity index (χ0v) is 15.6. The second-order valence-corrected chi connectivity index (χ2v) is 8.25. The highest BCUT2D eigenvalue weighted by Crippen LogP contribution is 2.31. The van der Waals surface area contributed by atoms with Gasteiger partial charge in [0, 0.05) is 19.3 Å². The lowest BCUT2D eigenvalue weighted by Crippen LogP contribution is -2.35. The van der Waals surface area contributed by atoms with E-state index in [1.807, 2.05) is 41.5 Å². The van der Waals surface area contributed by atoms with Crippen LogP contribution in [0.4, 0.5) is 5.69 Å². The predicted octanol–water partition coefficient (Wildman–Crippen LogP) is 3.06. The molecule has 1 aliphatic heterocycles. The number of rotatable bonds is 3. The molecule has 7 heteroatoms. The Hall–Kier alpha value is -2.12. The molecule has 0 radical (unpaired) electrons. The molecule has 128 valence electrons. The van der Waals surface area contributed by atoms with Gasteiger partial charge in [0.1, 0.15) is 4.70 Å². The number of carbonyl (C=O) groups is 1. The van der Waals surface area contributed by atoms with E-state index in [2.05, 4.69) is 11.1 Å². The van der Waals surface area contributed by atoms with Crippen molar-refractivity contribution >= 4 is 44.9 Å². The number of fused-ring (bicyclic) bond motifs is 2. The number of thioether (sulfide) groups is 1. The van der Waals surface area contributed by atoms with Gasteiger partial charge in [-0.15, -0.1) is 11.3 Å². The van der Waals surface area contributed by atoms with Crippen molar-refractivity contribution < 1.29 is 4.79 Å². The summed E-state index contributed by atoms with van der Waals surface area (Å²) in [5.41, 5.74) is 2.84. The van der Waals surface area contributed by atoms with Crippen molar-refractivity contribution in [2.75, 3.05) is 11.4 Å². The fourth-order valence-corrected chi connectivity index (χ4v) is 4.81. The molecule has 1 unspecified atom stereocenters. The second-order valence-electron chi connectivity index (χ2n) is 6.02. The van der Waals surface area contributed by atoms with Crippen molar-refractivity contribution in [3.63, 3.8) is 0 Å². The van der Waals surface area contributed by atoms with Crippen LogP contribution in [0.25, 0.3) is 10.2 Å². The quantitative estimate of drug-likeness (QED) is 0.524. The molecule has 1 amide bonds. The molecule has 0 aliphatic carbocycles. The Morgan fingerprint density at radius 3 is 2.96 bits per heavy atom. The Labute approximate surface area is 153 Å². The summed E-state index contributed by atoms with van der Waals surface area (Å²) in [5.74, 6) is 0.0506. The highest BCUT2D eigenvalue weighted by molar-refractivity contribution is 8.00. The molecule has 0 spiro atoms. The summed E-state index contributed by atoms with van der Waals surface area (Å²) in [4.78, 5) is 31.7. The summed E-state index contributed by atoms with van der Waals surface area (Å²) in [5, 5.41) is 2.12. The van der Waals surface area contributed by atoms with E-state index in [0.717, 1.165) is 12.1 Å². The minimum atomic E-state index is -0.319. The molecule has 0 saturated heterocycles. The molecule has 3 heterocycles. The SMILES string of the molecule is CC(Sc1nc2ccsc2c(=O)n1C)C(=O)N1CCc2ccccc21. The summed E-state index contributed by atoms with van der Waals surface area (Å²) < 4.78 is 2.19. The lowest BCUT2D eigenvalue weighted by Gasteiger charge is -2.21. The van der Waals surface area contributed by atoms with Gasteiger partial charge in [-0.25, -0.2) is 4.98 Å². The maximum atomic E-state index is 12.9. The average molecular weight is 371 g/mol. The summed E-state index contributed by atoms with van der Waals surface area (Å²) in [6.45, 7) is 2.58. The molecule has 3 aromatic rings. The van der Waals surface area contributed by atoms with Gasteiger partial charge in [0.05, 0.1) is 10.8 Å². The van der Waals surface area contributed by atoms with Crippen molar-refractivity contribution in [1.29, 1.82) is 0 Å². The van der Waals surface area contributed by atoms with Gasteiger partial charge in [-0.2, -0.15) is 0 Å². The summed E-state index contributed by atoms with van der Waals surface area (Å²) in [6, 6.07) is 9.85. The maximum absolute atomic E-state index is 12.9. The van der Waals surface area contributed by atoms with Crippen LogP contribution in [-0.4, -0.2) is 27.3 Å². The molecule has 1 aromatic carbocycles. The van der Waals surface area contributed by atoms with Gasteiger partial charge < -0.3 is 4.90 Å². The van der Waals surface area contributed by atoms with E-state index in [4.69, 9.17) is 0 Å². The Bertz CT molecular complexity index is 1020. The van der Waals surface area contributed by atoms with E-state index >= 15 is 0 Å². The molecule has 0 N–H and O–H groups in total. The van der Waals surface area contributed by atoms with Crippen molar-refractivity contribution in [2.24, 2.45) is 7.05 Å². The first-order valence-corrected chi connectivity index (χ1v) is 9.82. The van der Waals surface area contributed by atoms with E-state index in [-0.39, 0.29) is 16.7 Å². The van der Waals surface area contributed by atoms with Gasteiger partial charge in [0.25, 0.3) is 5.56 Å². The first kappa shape index (κ1) is 16.4. The molecule has 2 aromatic heterocycles. The number of hydrogen-bond donors (Lipinski definition) is 0. The molecule has 25 heavy (non-hydrogen) atoms. The number of para-hydroxylation sites is 1. The van der Waals surface area contributed by atoms with E-state index in [0.29, 0.717) is 21.9 Å².